The largest absolute Gasteiger partial charge is 0.593 e. The van der Waals surface area contributed by atoms with E-state index in [1.165, 1.54) is 18.3 Å². The smallest absolute Gasteiger partial charge is 0.316 e. The molecule has 0 aliphatic carbocycles. The van der Waals surface area contributed by atoms with Crippen molar-refractivity contribution in [1.82, 2.24) is 14.1 Å². The molecule has 10 heteroatoms. The number of carbonyl (C=O) groups is 1. The molecular formula is C28H34FN5O3S. The van der Waals surface area contributed by atoms with Gasteiger partial charge in [-0.05, 0) is 80.6 Å². The number of nitrogens with one attached hydrogen (secondary N) is 2. The molecule has 0 radical (unpaired) electrons. The standard InChI is InChI=1S/C28H34FN5O3S/c1-4-12-33-19-24(18-31-33)38(36)34-13-10-28(11-14-34,27(35)37-5-2)25-16-21(17-30)26(15-20(25)3)32-23-8-6-22(29)7-9-23/h6-9,15-19,30,32H,4-5,10-14H2,1-3H3. The number of rotatable bonds is 10. The molecule has 0 spiro atoms. The molecule has 1 saturated heterocycles. The summed E-state index contributed by atoms with van der Waals surface area (Å²) in [5, 5.41) is 15.6. The van der Waals surface area contributed by atoms with Gasteiger partial charge in [-0.1, -0.05) is 6.92 Å². The Balaban J connectivity index is 1.61. The van der Waals surface area contributed by atoms with Gasteiger partial charge in [0.2, 0.25) is 4.90 Å². The van der Waals surface area contributed by atoms with Crippen LogP contribution in [0.2, 0.25) is 0 Å². The molecule has 1 aliphatic heterocycles. The van der Waals surface area contributed by atoms with E-state index >= 15 is 0 Å². The topological polar surface area (TPSA) is 106 Å². The van der Waals surface area contributed by atoms with Crippen LogP contribution < -0.4 is 5.32 Å². The van der Waals surface area contributed by atoms with Crippen LogP contribution in [0.25, 0.3) is 0 Å². The normalized spacial score (nSPS) is 16.1. The van der Waals surface area contributed by atoms with Gasteiger partial charge in [0.05, 0.1) is 29.6 Å². The second-order valence-corrected chi connectivity index (χ2v) is 10.9. The summed E-state index contributed by atoms with van der Waals surface area (Å²) in [4.78, 5) is 14.1. The summed E-state index contributed by atoms with van der Waals surface area (Å²) >= 11 is -1.37. The number of benzene rings is 2. The third kappa shape index (κ3) is 5.77. The van der Waals surface area contributed by atoms with Gasteiger partial charge in [0, 0.05) is 42.8 Å². The molecule has 1 aromatic heterocycles. The van der Waals surface area contributed by atoms with E-state index in [0.29, 0.717) is 47.8 Å². The molecule has 38 heavy (non-hydrogen) atoms. The van der Waals surface area contributed by atoms with Crippen LogP contribution in [0.15, 0.2) is 53.7 Å². The maximum Gasteiger partial charge on any atom is 0.316 e. The van der Waals surface area contributed by atoms with Crippen molar-refractivity contribution in [3.05, 3.63) is 71.3 Å². The lowest BCUT2D eigenvalue weighted by molar-refractivity contribution is -0.152. The molecule has 0 bridgehead atoms. The van der Waals surface area contributed by atoms with E-state index in [1.54, 1.807) is 29.9 Å². The first-order chi connectivity index (χ1) is 18.3. The van der Waals surface area contributed by atoms with Crippen molar-refractivity contribution in [2.24, 2.45) is 0 Å². The van der Waals surface area contributed by atoms with Gasteiger partial charge in [0.15, 0.2) is 0 Å². The zero-order chi connectivity index (χ0) is 27.3. The SMILES string of the molecule is CCCn1cc([S+]([O-])N2CCC(C(=O)OCC)(c3cc(C=N)c(Nc4ccc(F)cc4)cc3C)CC2)cn1. The van der Waals surface area contributed by atoms with Crippen LogP contribution in [0.5, 0.6) is 0 Å². The van der Waals surface area contributed by atoms with E-state index in [0.717, 1.165) is 24.1 Å². The molecule has 4 rings (SSSR count). The zero-order valence-electron chi connectivity index (χ0n) is 22.0. The minimum absolute atomic E-state index is 0.257. The van der Waals surface area contributed by atoms with Gasteiger partial charge in [-0.3, -0.25) is 9.48 Å². The highest BCUT2D eigenvalue weighted by Crippen LogP contribution is 2.41. The van der Waals surface area contributed by atoms with Crippen LogP contribution in [-0.2, 0) is 32.9 Å². The fourth-order valence-electron chi connectivity index (χ4n) is 4.98. The van der Waals surface area contributed by atoms with Gasteiger partial charge >= 0.3 is 5.97 Å². The lowest BCUT2D eigenvalue weighted by Crippen LogP contribution is -2.50. The molecule has 202 valence electrons. The Hall–Kier alpha value is -3.21. The van der Waals surface area contributed by atoms with Crippen LogP contribution in [0.4, 0.5) is 15.8 Å². The van der Waals surface area contributed by atoms with Crippen molar-refractivity contribution in [3.8, 4) is 0 Å². The molecule has 1 fully saturated rings. The molecule has 8 nitrogen and oxygen atoms in total. The highest BCUT2D eigenvalue weighted by molar-refractivity contribution is 7.89. The van der Waals surface area contributed by atoms with Crippen molar-refractivity contribution in [2.45, 2.75) is 56.9 Å². The lowest BCUT2D eigenvalue weighted by atomic mass is 9.71. The number of hydrogen-bond acceptors (Lipinski definition) is 7. The van der Waals surface area contributed by atoms with Crippen molar-refractivity contribution >= 4 is 34.9 Å². The first kappa shape index (κ1) is 27.8. The average molecular weight is 540 g/mol. The van der Waals surface area contributed by atoms with E-state index < -0.39 is 16.8 Å². The van der Waals surface area contributed by atoms with Gasteiger partial charge in [-0.25, -0.2) is 4.39 Å². The fourth-order valence-corrected chi connectivity index (χ4v) is 6.14. The average Bonchev–Trinajstić information content (AvgIpc) is 3.39. The molecule has 1 unspecified atom stereocenters. The number of esters is 1. The second kappa shape index (κ2) is 12.1. The molecule has 1 atom stereocenters. The predicted molar refractivity (Wildman–Crippen MR) is 147 cm³/mol. The summed E-state index contributed by atoms with van der Waals surface area (Å²) in [5.41, 5.74) is 2.76. The van der Waals surface area contributed by atoms with E-state index in [1.807, 2.05) is 29.6 Å². The number of aromatic nitrogens is 2. The Morgan fingerprint density at radius 2 is 1.97 bits per heavy atom. The number of carbonyl (C=O) groups excluding carboxylic acids is 1. The highest BCUT2D eigenvalue weighted by Gasteiger charge is 2.47. The lowest BCUT2D eigenvalue weighted by Gasteiger charge is -2.40. The van der Waals surface area contributed by atoms with Crippen molar-refractivity contribution in [1.29, 1.82) is 5.41 Å². The van der Waals surface area contributed by atoms with Crippen LogP contribution >= 0.6 is 0 Å². The number of piperidine rings is 1. The summed E-state index contributed by atoms with van der Waals surface area (Å²) in [7, 11) is 0. The molecule has 2 aromatic carbocycles. The number of anilines is 2. The summed E-state index contributed by atoms with van der Waals surface area (Å²) < 4.78 is 35.9. The molecule has 2 heterocycles. The first-order valence-electron chi connectivity index (χ1n) is 12.9. The molecule has 0 amide bonds. The first-order valence-corrected chi connectivity index (χ1v) is 14.0. The Morgan fingerprint density at radius 3 is 2.61 bits per heavy atom. The Kier molecular flexibility index (Phi) is 8.86. The summed E-state index contributed by atoms with van der Waals surface area (Å²) in [5.74, 6) is -0.632. The highest BCUT2D eigenvalue weighted by atomic mass is 32.2. The van der Waals surface area contributed by atoms with Crippen molar-refractivity contribution in [3.63, 3.8) is 0 Å². The van der Waals surface area contributed by atoms with E-state index in [-0.39, 0.29) is 18.4 Å². The zero-order valence-corrected chi connectivity index (χ0v) is 22.8. The minimum atomic E-state index is -1.37. The Bertz CT molecular complexity index is 1270. The van der Waals surface area contributed by atoms with Gasteiger partial charge in [-0.2, -0.15) is 5.10 Å². The van der Waals surface area contributed by atoms with Crippen LogP contribution in [0.3, 0.4) is 0 Å². The minimum Gasteiger partial charge on any atom is -0.593 e. The fraction of sp³-hybridized carbons (Fsp3) is 0.393. The molecule has 2 N–H and O–H groups in total. The number of aryl methyl sites for hydroxylation is 2. The molecular weight excluding hydrogens is 505 g/mol. The quantitative estimate of drug-likeness (QED) is 0.211. The van der Waals surface area contributed by atoms with E-state index in [9.17, 15) is 13.7 Å². The van der Waals surface area contributed by atoms with Crippen LogP contribution in [0, 0.1) is 18.2 Å². The maximum atomic E-state index is 13.5. The predicted octanol–water partition coefficient (Wildman–Crippen LogP) is 5.10. The van der Waals surface area contributed by atoms with Crippen molar-refractivity contribution < 1.29 is 18.5 Å². The monoisotopic (exact) mass is 539 g/mol. The summed E-state index contributed by atoms with van der Waals surface area (Å²) in [6.07, 6.45) is 6.51. The third-order valence-corrected chi connectivity index (χ3v) is 8.38. The summed E-state index contributed by atoms with van der Waals surface area (Å²) in [6.45, 7) is 7.70. The van der Waals surface area contributed by atoms with Gasteiger partial charge < -0.3 is 20.0 Å². The number of halogens is 1. The van der Waals surface area contributed by atoms with E-state index in [4.69, 9.17) is 10.1 Å². The molecule has 0 saturated carbocycles. The number of hydrogen-bond donors (Lipinski definition) is 2. The Morgan fingerprint density at radius 1 is 1.26 bits per heavy atom. The molecule has 3 aromatic rings. The number of nitrogens with zero attached hydrogens (tertiary/aromatic N) is 3. The van der Waals surface area contributed by atoms with Gasteiger partial charge in [-0.15, -0.1) is 4.31 Å². The second-order valence-electron chi connectivity index (χ2n) is 9.45. The Labute approximate surface area is 226 Å². The van der Waals surface area contributed by atoms with Crippen molar-refractivity contribution in [2.75, 3.05) is 25.0 Å². The van der Waals surface area contributed by atoms with Gasteiger partial charge in [0.25, 0.3) is 0 Å². The summed E-state index contributed by atoms with van der Waals surface area (Å²) in [6, 6.07) is 9.79. The van der Waals surface area contributed by atoms with Gasteiger partial charge in [0.1, 0.15) is 12.0 Å². The van der Waals surface area contributed by atoms with Crippen LogP contribution in [0.1, 0.15) is 49.8 Å². The molecule has 1 aliphatic rings. The van der Waals surface area contributed by atoms with Crippen LogP contribution in [-0.4, -0.2) is 50.5 Å². The third-order valence-electron chi connectivity index (χ3n) is 6.93. The maximum absolute atomic E-state index is 13.5. The van der Waals surface area contributed by atoms with E-state index in [2.05, 4.69) is 17.3 Å². The number of ether oxygens (including phenoxy) is 1.